The van der Waals surface area contributed by atoms with Crippen molar-refractivity contribution in [1.82, 2.24) is 0 Å². The molecule has 0 aromatic rings. The van der Waals surface area contributed by atoms with Crippen LogP contribution in [0.15, 0.2) is 0 Å². The first-order chi connectivity index (χ1) is 4.06. The Labute approximate surface area is 82.1 Å². The fourth-order valence-corrected chi connectivity index (χ4v) is 0.276. The Bertz CT molecular complexity index is 135. The van der Waals surface area contributed by atoms with Crippen LogP contribution in [0.2, 0.25) is 0 Å². The van der Waals surface area contributed by atoms with Crippen molar-refractivity contribution < 1.29 is 44.3 Å². The zero-order valence-electron chi connectivity index (χ0n) is 6.51. The third-order valence-corrected chi connectivity index (χ3v) is 1.46. The van der Waals surface area contributed by atoms with Gasteiger partial charge in [0, 0.05) is 0 Å². The Morgan fingerprint density at radius 2 is 2.10 bits per heavy atom. The minimum Gasteiger partial charge on any atom is -0.549 e. The van der Waals surface area contributed by atoms with Gasteiger partial charge >= 0.3 is 29.6 Å². The summed E-state index contributed by atoms with van der Waals surface area (Å²) in [6.45, 7) is 2.97. The second-order valence-corrected chi connectivity index (χ2v) is 2.18. The van der Waals surface area contributed by atoms with Crippen LogP contribution in [0.1, 0.15) is 20.3 Å². The van der Waals surface area contributed by atoms with Crippen molar-refractivity contribution in [2.75, 3.05) is 0 Å². The van der Waals surface area contributed by atoms with E-state index in [1.807, 2.05) is 0 Å². The van der Waals surface area contributed by atoms with Gasteiger partial charge in [-0.1, -0.05) is 6.92 Å². The average molecular weight is 152 g/mol. The fraction of sp³-hybridized carbons (Fsp3) is 0.667. The molecule has 0 fully saturated rings. The van der Waals surface area contributed by atoms with Crippen LogP contribution < -0.4 is 34.7 Å². The summed E-state index contributed by atoms with van der Waals surface area (Å²) in [6, 6.07) is 0. The normalized spacial score (nSPS) is 14.6. The number of rotatable bonds is 3. The van der Waals surface area contributed by atoms with E-state index in [-0.39, 0.29) is 36.0 Å². The van der Waals surface area contributed by atoms with Crippen LogP contribution in [-0.4, -0.2) is 12.3 Å². The van der Waals surface area contributed by atoms with Crippen molar-refractivity contribution in [3.8, 4) is 0 Å². The summed E-state index contributed by atoms with van der Waals surface area (Å²) in [5.74, 6) is -1.31. The van der Waals surface area contributed by atoms with E-state index in [9.17, 15) is 14.7 Å². The molecule has 0 heterocycles. The van der Waals surface area contributed by atoms with Gasteiger partial charge in [-0.05, 0) is 13.3 Å². The molecule has 4 heteroatoms. The minimum atomic E-state index is -1.31. The van der Waals surface area contributed by atoms with Crippen LogP contribution in [0.25, 0.3) is 0 Å². The standard InChI is InChI=1S/C6H10O3.Na/c1-3-6(2,4-7)5(8)9;/h4H,3H2,1-2H3,(H,8,9);/q;+1/p-1. The maximum atomic E-state index is 10.1. The Hall–Kier alpha value is 0.140. The summed E-state index contributed by atoms with van der Waals surface area (Å²) in [5, 5.41) is 10.1. The molecule has 0 bridgehead atoms. The Kier molecular flexibility index (Phi) is 6.24. The third-order valence-electron chi connectivity index (χ3n) is 1.46. The predicted molar refractivity (Wildman–Crippen MR) is 29.5 cm³/mol. The topological polar surface area (TPSA) is 57.2 Å². The number of hydrogen-bond acceptors (Lipinski definition) is 3. The van der Waals surface area contributed by atoms with E-state index in [0.29, 0.717) is 6.29 Å². The largest absolute Gasteiger partial charge is 1.00 e. The summed E-state index contributed by atoms with van der Waals surface area (Å²) in [7, 11) is 0. The van der Waals surface area contributed by atoms with E-state index in [1.54, 1.807) is 6.92 Å². The molecule has 1 atom stereocenters. The zero-order chi connectivity index (χ0) is 7.49. The van der Waals surface area contributed by atoms with Gasteiger partial charge in [-0.15, -0.1) is 0 Å². The van der Waals surface area contributed by atoms with Gasteiger partial charge in [0.05, 0.1) is 11.4 Å². The molecule has 0 radical (unpaired) electrons. The molecule has 52 valence electrons. The van der Waals surface area contributed by atoms with Crippen LogP contribution >= 0.6 is 0 Å². The molecule has 0 spiro atoms. The molecule has 0 rings (SSSR count). The van der Waals surface area contributed by atoms with Gasteiger partial charge in [0.15, 0.2) is 0 Å². The summed E-state index contributed by atoms with van der Waals surface area (Å²) in [6.07, 6.45) is 0.682. The predicted octanol–water partition coefficient (Wildman–Crippen LogP) is -3.64. The molecule has 0 aliphatic rings. The number of aliphatic carboxylic acids is 1. The quantitative estimate of drug-likeness (QED) is 0.238. The first-order valence-corrected chi connectivity index (χ1v) is 2.74. The van der Waals surface area contributed by atoms with E-state index >= 15 is 0 Å². The molecule has 0 amide bonds. The first kappa shape index (κ1) is 12.8. The second-order valence-electron chi connectivity index (χ2n) is 2.18. The van der Waals surface area contributed by atoms with Gasteiger partial charge in [-0.3, -0.25) is 0 Å². The molecule has 0 aliphatic heterocycles. The Morgan fingerprint density at radius 3 is 2.10 bits per heavy atom. The smallest absolute Gasteiger partial charge is 0.549 e. The summed E-state index contributed by atoms with van der Waals surface area (Å²) in [4.78, 5) is 20.2. The molecule has 0 saturated carbocycles. The van der Waals surface area contributed by atoms with Crippen molar-refractivity contribution in [3.05, 3.63) is 0 Å². The van der Waals surface area contributed by atoms with Gasteiger partial charge in [-0.2, -0.15) is 0 Å². The molecule has 10 heavy (non-hydrogen) atoms. The monoisotopic (exact) mass is 152 g/mol. The SMILES string of the molecule is CCC(C)(C=O)C(=O)[O-].[Na+]. The number of carboxylic acid groups (broad SMARTS) is 1. The van der Waals surface area contributed by atoms with Crippen LogP contribution in [0, 0.1) is 5.41 Å². The van der Waals surface area contributed by atoms with Gasteiger partial charge in [0.25, 0.3) is 0 Å². The molecule has 3 nitrogen and oxygen atoms in total. The van der Waals surface area contributed by atoms with Gasteiger partial charge in [-0.25, -0.2) is 0 Å². The number of aldehydes is 1. The second kappa shape index (κ2) is 4.88. The summed E-state index contributed by atoms with van der Waals surface area (Å²) in [5.41, 5.74) is -1.29. The van der Waals surface area contributed by atoms with E-state index in [1.165, 1.54) is 6.92 Å². The minimum absolute atomic E-state index is 0. The van der Waals surface area contributed by atoms with Crippen LogP contribution in [0.4, 0.5) is 0 Å². The molecule has 0 aliphatic carbocycles. The van der Waals surface area contributed by atoms with Gasteiger partial charge in [0.1, 0.15) is 6.29 Å². The van der Waals surface area contributed by atoms with Gasteiger partial charge < -0.3 is 14.7 Å². The number of carbonyl (C=O) groups excluding carboxylic acids is 2. The average Bonchev–Trinajstić information content (AvgIpc) is 1.86. The molecular formula is C6H9NaO3. The first-order valence-electron chi connectivity index (χ1n) is 2.74. The Morgan fingerprint density at radius 1 is 1.70 bits per heavy atom. The van der Waals surface area contributed by atoms with E-state index in [4.69, 9.17) is 0 Å². The van der Waals surface area contributed by atoms with Crippen LogP contribution in [0.5, 0.6) is 0 Å². The molecule has 0 aromatic carbocycles. The Balaban J connectivity index is 0. The fourth-order valence-electron chi connectivity index (χ4n) is 0.276. The van der Waals surface area contributed by atoms with E-state index in [2.05, 4.69) is 0 Å². The third kappa shape index (κ3) is 2.82. The molecule has 0 N–H and O–H groups in total. The summed E-state index contributed by atoms with van der Waals surface area (Å²) >= 11 is 0. The number of carbonyl (C=O) groups is 2. The van der Waals surface area contributed by atoms with Crippen molar-refractivity contribution in [3.63, 3.8) is 0 Å². The summed E-state index contributed by atoms with van der Waals surface area (Å²) < 4.78 is 0. The maximum Gasteiger partial charge on any atom is 1.00 e. The molecule has 1 unspecified atom stereocenters. The van der Waals surface area contributed by atoms with Crippen LogP contribution in [0.3, 0.4) is 0 Å². The molecular weight excluding hydrogens is 143 g/mol. The van der Waals surface area contributed by atoms with Gasteiger partial charge in [0.2, 0.25) is 0 Å². The zero-order valence-corrected chi connectivity index (χ0v) is 8.51. The van der Waals surface area contributed by atoms with Crippen molar-refractivity contribution in [1.29, 1.82) is 0 Å². The van der Waals surface area contributed by atoms with E-state index < -0.39 is 11.4 Å². The number of hydrogen-bond donors (Lipinski definition) is 0. The van der Waals surface area contributed by atoms with Crippen molar-refractivity contribution >= 4 is 12.3 Å². The maximum absolute atomic E-state index is 10.1. The van der Waals surface area contributed by atoms with Crippen molar-refractivity contribution in [2.24, 2.45) is 5.41 Å². The van der Waals surface area contributed by atoms with Crippen LogP contribution in [-0.2, 0) is 9.59 Å². The molecule has 0 saturated heterocycles. The number of carboxylic acids is 1. The van der Waals surface area contributed by atoms with Crippen molar-refractivity contribution in [2.45, 2.75) is 20.3 Å². The molecule has 0 aromatic heterocycles. The van der Waals surface area contributed by atoms with E-state index in [0.717, 1.165) is 0 Å².